The van der Waals surface area contributed by atoms with Crippen LogP contribution < -0.4 is 4.74 Å². The van der Waals surface area contributed by atoms with E-state index in [0.717, 1.165) is 22.4 Å². The summed E-state index contributed by atoms with van der Waals surface area (Å²) in [5.74, 6) is 1.69. The summed E-state index contributed by atoms with van der Waals surface area (Å²) >= 11 is 11.9. The molecular weight excluding hydrogens is 269 g/mol. The molecule has 0 aliphatic carbocycles. The molecule has 2 nitrogen and oxygen atoms in total. The van der Waals surface area contributed by atoms with Gasteiger partial charge in [0.2, 0.25) is 5.88 Å². The molecule has 1 aromatic heterocycles. The van der Waals surface area contributed by atoms with Gasteiger partial charge in [-0.1, -0.05) is 17.7 Å². The van der Waals surface area contributed by atoms with Crippen LogP contribution in [0.3, 0.4) is 0 Å². The van der Waals surface area contributed by atoms with Crippen LogP contribution in [0.2, 0.25) is 5.02 Å². The minimum atomic E-state index is 0.370. The highest BCUT2D eigenvalue weighted by molar-refractivity contribution is 6.30. The van der Waals surface area contributed by atoms with Crippen molar-refractivity contribution in [3.8, 4) is 11.6 Å². The number of hydrogen-bond acceptors (Lipinski definition) is 2. The van der Waals surface area contributed by atoms with E-state index in [9.17, 15) is 0 Å². The van der Waals surface area contributed by atoms with Gasteiger partial charge in [-0.3, -0.25) is 0 Å². The van der Waals surface area contributed by atoms with Gasteiger partial charge in [0.1, 0.15) is 5.75 Å². The molecule has 2 aromatic rings. The molecule has 18 heavy (non-hydrogen) atoms. The highest BCUT2D eigenvalue weighted by Crippen LogP contribution is 2.32. The zero-order valence-corrected chi connectivity index (χ0v) is 11.7. The van der Waals surface area contributed by atoms with Crippen molar-refractivity contribution in [3.05, 3.63) is 52.2 Å². The van der Waals surface area contributed by atoms with Crippen molar-refractivity contribution in [1.82, 2.24) is 4.98 Å². The molecule has 0 saturated carbocycles. The first kappa shape index (κ1) is 13.2. The van der Waals surface area contributed by atoms with Gasteiger partial charge in [-0.05, 0) is 43.2 Å². The van der Waals surface area contributed by atoms with Crippen LogP contribution in [0.25, 0.3) is 0 Å². The molecule has 0 spiro atoms. The third-order valence-corrected chi connectivity index (χ3v) is 3.12. The Bertz CT molecular complexity index is 546. The highest BCUT2D eigenvalue weighted by atomic mass is 35.5. The molecule has 1 aromatic carbocycles. The minimum absolute atomic E-state index is 0.370. The average Bonchev–Trinajstić information content (AvgIpc) is 2.34. The standard InChI is InChI=1S/C14H13Cl2NO/c1-9-6-12(16)7-10(2)13(9)18-14-11(8-15)4-3-5-17-14/h3-7H,8H2,1-2H3. The molecule has 0 atom stereocenters. The molecule has 0 fully saturated rings. The Morgan fingerprint density at radius 1 is 1.22 bits per heavy atom. The van der Waals surface area contributed by atoms with Crippen LogP contribution >= 0.6 is 23.2 Å². The van der Waals surface area contributed by atoms with E-state index in [2.05, 4.69) is 4.98 Å². The second-order valence-electron chi connectivity index (χ2n) is 4.07. The highest BCUT2D eigenvalue weighted by Gasteiger charge is 2.10. The van der Waals surface area contributed by atoms with Gasteiger partial charge >= 0.3 is 0 Å². The van der Waals surface area contributed by atoms with E-state index in [-0.39, 0.29) is 0 Å². The summed E-state index contributed by atoms with van der Waals surface area (Å²) in [7, 11) is 0. The van der Waals surface area contributed by atoms with Crippen LogP contribution in [0.5, 0.6) is 11.6 Å². The van der Waals surface area contributed by atoms with Gasteiger partial charge < -0.3 is 4.74 Å². The van der Waals surface area contributed by atoms with Gasteiger partial charge in [-0.25, -0.2) is 4.98 Å². The number of aryl methyl sites for hydroxylation is 2. The van der Waals surface area contributed by atoms with Crippen molar-refractivity contribution in [2.24, 2.45) is 0 Å². The first-order valence-corrected chi connectivity index (χ1v) is 6.47. The molecule has 0 radical (unpaired) electrons. The minimum Gasteiger partial charge on any atom is -0.438 e. The predicted octanol–water partition coefficient (Wildman–Crippen LogP) is 4.88. The number of alkyl halides is 1. The maximum Gasteiger partial charge on any atom is 0.223 e. The van der Waals surface area contributed by atoms with Crippen LogP contribution in [0.4, 0.5) is 0 Å². The fourth-order valence-corrected chi connectivity index (χ4v) is 2.30. The smallest absolute Gasteiger partial charge is 0.223 e. The fraction of sp³-hybridized carbons (Fsp3) is 0.214. The van der Waals surface area contributed by atoms with Crippen molar-refractivity contribution in [2.75, 3.05) is 0 Å². The number of nitrogens with zero attached hydrogens (tertiary/aromatic N) is 1. The van der Waals surface area contributed by atoms with Gasteiger partial charge in [0.25, 0.3) is 0 Å². The number of halogens is 2. The number of aromatic nitrogens is 1. The van der Waals surface area contributed by atoms with Crippen molar-refractivity contribution < 1.29 is 4.74 Å². The molecule has 0 saturated heterocycles. The third kappa shape index (κ3) is 2.77. The van der Waals surface area contributed by atoms with Gasteiger partial charge in [0.05, 0.1) is 5.88 Å². The van der Waals surface area contributed by atoms with Gasteiger partial charge in [-0.15, -0.1) is 11.6 Å². The summed E-state index contributed by atoms with van der Waals surface area (Å²) in [4.78, 5) is 4.21. The summed E-state index contributed by atoms with van der Waals surface area (Å²) in [6, 6.07) is 7.47. The quantitative estimate of drug-likeness (QED) is 0.748. The molecule has 0 aliphatic heterocycles. The third-order valence-electron chi connectivity index (χ3n) is 2.62. The van der Waals surface area contributed by atoms with E-state index >= 15 is 0 Å². The number of rotatable bonds is 3. The molecule has 0 aliphatic rings. The molecule has 94 valence electrons. The monoisotopic (exact) mass is 281 g/mol. The van der Waals surface area contributed by atoms with Crippen molar-refractivity contribution in [3.63, 3.8) is 0 Å². The molecule has 0 bridgehead atoms. The van der Waals surface area contributed by atoms with Crippen LogP contribution in [-0.4, -0.2) is 4.98 Å². The van der Waals surface area contributed by atoms with Crippen LogP contribution in [0, 0.1) is 13.8 Å². The van der Waals surface area contributed by atoms with Crippen LogP contribution in [-0.2, 0) is 5.88 Å². The Morgan fingerprint density at radius 3 is 2.50 bits per heavy atom. The van der Waals surface area contributed by atoms with E-state index in [4.69, 9.17) is 27.9 Å². The number of hydrogen-bond donors (Lipinski definition) is 0. The van der Waals surface area contributed by atoms with Crippen LogP contribution in [0.15, 0.2) is 30.5 Å². The SMILES string of the molecule is Cc1cc(Cl)cc(C)c1Oc1ncccc1CCl. The van der Waals surface area contributed by atoms with E-state index in [1.807, 2.05) is 38.1 Å². The topological polar surface area (TPSA) is 22.1 Å². The largest absolute Gasteiger partial charge is 0.438 e. The number of pyridine rings is 1. The summed E-state index contributed by atoms with van der Waals surface area (Å²) < 4.78 is 5.86. The Hall–Kier alpha value is -1.25. The number of ether oxygens (including phenoxy) is 1. The van der Waals surface area contributed by atoms with Gasteiger partial charge in [-0.2, -0.15) is 0 Å². The first-order chi connectivity index (χ1) is 8.61. The zero-order chi connectivity index (χ0) is 13.1. The van der Waals surface area contributed by atoms with Gasteiger partial charge in [0.15, 0.2) is 0 Å². The number of benzene rings is 1. The lowest BCUT2D eigenvalue weighted by Gasteiger charge is -2.13. The van der Waals surface area contributed by atoms with Crippen LogP contribution in [0.1, 0.15) is 16.7 Å². The Balaban J connectivity index is 2.40. The average molecular weight is 282 g/mol. The lowest BCUT2D eigenvalue weighted by Crippen LogP contribution is -1.96. The lowest BCUT2D eigenvalue weighted by molar-refractivity contribution is 0.451. The van der Waals surface area contributed by atoms with E-state index < -0.39 is 0 Å². The Labute approximate surface area is 117 Å². The molecule has 2 rings (SSSR count). The zero-order valence-electron chi connectivity index (χ0n) is 10.2. The summed E-state index contributed by atoms with van der Waals surface area (Å²) in [6.45, 7) is 3.91. The van der Waals surface area contributed by atoms with E-state index in [0.29, 0.717) is 16.8 Å². The maximum atomic E-state index is 5.99. The summed E-state index contributed by atoms with van der Waals surface area (Å²) in [6.07, 6.45) is 1.69. The first-order valence-electron chi connectivity index (χ1n) is 5.56. The molecule has 0 unspecified atom stereocenters. The second-order valence-corrected chi connectivity index (χ2v) is 4.78. The van der Waals surface area contributed by atoms with Crippen molar-refractivity contribution >= 4 is 23.2 Å². The van der Waals surface area contributed by atoms with E-state index in [1.54, 1.807) is 6.20 Å². The normalized spacial score (nSPS) is 10.4. The maximum absolute atomic E-state index is 5.99. The summed E-state index contributed by atoms with van der Waals surface area (Å²) in [5.41, 5.74) is 2.82. The predicted molar refractivity (Wildman–Crippen MR) is 74.8 cm³/mol. The molecule has 0 amide bonds. The van der Waals surface area contributed by atoms with Crippen molar-refractivity contribution in [2.45, 2.75) is 19.7 Å². The molecule has 4 heteroatoms. The molecule has 0 N–H and O–H groups in total. The second kappa shape index (κ2) is 5.59. The van der Waals surface area contributed by atoms with Crippen molar-refractivity contribution in [1.29, 1.82) is 0 Å². The molecule has 1 heterocycles. The lowest BCUT2D eigenvalue weighted by atomic mass is 10.1. The summed E-state index contributed by atoms with van der Waals surface area (Å²) in [5, 5.41) is 0.705. The Kier molecular flexibility index (Phi) is 4.10. The Morgan fingerprint density at radius 2 is 1.89 bits per heavy atom. The van der Waals surface area contributed by atoms with Gasteiger partial charge in [0, 0.05) is 16.8 Å². The fourth-order valence-electron chi connectivity index (χ4n) is 1.77. The van der Waals surface area contributed by atoms with E-state index in [1.165, 1.54) is 0 Å². The molecular formula is C14H13Cl2NO.